The quantitative estimate of drug-likeness (QED) is 0.621. The highest BCUT2D eigenvalue weighted by Gasteiger charge is 2.08. The number of halogens is 2. The number of ketones is 1. The number of rotatable bonds is 2. The van der Waals surface area contributed by atoms with Gasteiger partial charge >= 0.3 is 0 Å². The molecule has 0 bridgehead atoms. The van der Waals surface area contributed by atoms with Crippen LogP contribution in [-0.4, -0.2) is 16.1 Å². The Bertz CT molecular complexity index is 248. The molecule has 62 valence electrons. The zero-order valence-electron chi connectivity index (χ0n) is 5.83. The highest BCUT2D eigenvalue weighted by Crippen LogP contribution is 2.13. The van der Waals surface area contributed by atoms with Crippen molar-refractivity contribution >= 4 is 50.0 Å². The van der Waals surface area contributed by atoms with Crippen LogP contribution in [-0.2, 0) is 0 Å². The molecule has 0 saturated carbocycles. The van der Waals surface area contributed by atoms with Gasteiger partial charge in [0.05, 0.1) is 21.4 Å². The Morgan fingerprint density at radius 3 is 2.82 bits per heavy atom. The molecule has 0 aromatic carbocycles. The number of carbonyl (C=O) groups is 1. The summed E-state index contributed by atoms with van der Waals surface area (Å²) in [6.45, 7) is 1.84. The van der Waals surface area contributed by atoms with Gasteiger partial charge < -0.3 is 0 Å². The number of hydrogen-bond donors (Lipinski definition) is 0. The smallest absolute Gasteiger partial charge is 0.185 e. The van der Waals surface area contributed by atoms with E-state index in [1.54, 1.807) is 5.51 Å². The molecule has 0 spiro atoms. The molecule has 0 atom stereocenters. The minimum Gasteiger partial charge on any atom is -0.292 e. The van der Waals surface area contributed by atoms with Gasteiger partial charge in [0.2, 0.25) is 0 Å². The van der Waals surface area contributed by atoms with Crippen molar-refractivity contribution in [2.75, 3.05) is 5.33 Å². The lowest BCUT2D eigenvalue weighted by Crippen LogP contribution is -1.98. The summed E-state index contributed by atoms with van der Waals surface area (Å²) in [5.41, 5.74) is 2.51. The molecule has 1 heterocycles. The number of alkyl halides is 1. The molecule has 1 rings (SSSR count). The normalized spacial score (nSPS) is 8.91. The summed E-state index contributed by atoms with van der Waals surface area (Å²) in [5, 5.41) is 0.385. The van der Waals surface area contributed by atoms with Gasteiger partial charge in [0.1, 0.15) is 0 Å². The number of aryl methyl sites for hydroxylation is 1. The number of Topliss-reactive ketones (excluding diaryl/α,β-unsaturated/α-hetero) is 1. The van der Waals surface area contributed by atoms with Crippen LogP contribution in [0.4, 0.5) is 0 Å². The minimum atomic E-state index is 0. The third-order valence-electron chi connectivity index (χ3n) is 1.12. The Kier molecular flexibility index (Phi) is 5.12. The van der Waals surface area contributed by atoms with Crippen LogP contribution < -0.4 is 0 Å². The monoisotopic (exact) mass is 299 g/mol. The van der Waals surface area contributed by atoms with Crippen LogP contribution in [0.15, 0.2) is 5.51 Å². The van der Waals surface area contributed by atoms with Crippen LogP contribution in [0.1, 0.15) is 15.4 Å². The molecular formula is C6H7Br2NOS. The molecule has 0 aliphatic rings. The molecule has 1 aromatic rings. The van der Waals surface area contributed by atoms with E-state index in [9.17, 15) is 4.79 Å². The maximum Gasteiger partial charge on any atom is 0.185 e. The summed E-state index contributed by atoms with van der Waals surface area (Å²) in [4.78, 5) is 15.7. The fraction of sp³-hybridized carbons (Fsp3) is 0.333. The van der Waals surface area contributed by atoms with Crippen LogP contribution in [0.5, 0.6) is 0 Å². The fourth-order valence-corrected chi connectivity index (χ4v) is 1.84. The lowest BCUT2D eigenvalue weighted by molar-refractivity contribution is 0.102. The molecule has 0 radical (unpaired) electrons. The van der Waals surface area contributed by atoms with E-state index in [4.69, 9.17) is 0 Å². The topological polar surface area (TPSA) is 30.0 Å². The van der Waals surface area contributed by atoms with E-state index in [0.29, 0.717) is 5.33 Å². The van der Waals surface area contributed by atoms with Crippen molar-refractivity contribution in [3.8, 4) is 0 Å². The number of hydrogen-bond acceptors (Lipinski definition) is 3. The van der Waals surface area contributed by atoms with Crippen LogP contribution in [0, 0.1) is 6.92 Å². The third kappa shape index (κ3) is 2.65. The first-order valence-electron chi connectivity index (χ1n) is 2.75. The van der Waals surface area contributed by atoms with Crippen LogP contribution in [0.2, 0.25) is 0 Å². The van der Waals surface area contributed by atoms with Crippen molar-refractivity contribution in [3.63, 3.8) is 0 Å². The lowest BCUT2D eigenvalue weighted by Gasteiger charge is -1.89. The molecule has 0 unspecified atom stereocenters. The van der Waals surface area contributed by atoms with Crippen molar-refractivity contribution in [1.82, 2.24) is 4.98 Å². The molecule has 5 heteroatoms. The molecule has 0 aliphatic heterocycles. The van der Waals surface area contributed by atoms with Gasteiger partial charge in [0.25, 0.3) is 0 Å². The Hall–Kier alpha value is 0.260. The predicted molar refractivity (Wildman–Crippen MR) is 55.3 cm³/mol. The Morgan fingerprint density at radius 2 is 2.45 bits per heavy atom. The summed E-state index contributed by atoms with van der Waals surface area (Å²) in [5.74, 6) is 0.111. The van der Waals surface area contributed by atoms with Crippen molar-refractivity contribution in [2.45, 2.75) is 6.92 Å². The number of carbonyl (C=O) groups excluding carboxylic acids is 1. The average molecular weight is 301 g/mol. The largest absolute Gasteiger partial charge is 0.292 e. The van der Waals surface area contributed by atoms with E-state index in [-0.39, 0.29) is 22.8 Å². The van der Waals surface area contributed by atoms with Gasteiger partial charge in [-0.25, -0.2) is 4.98 Å². The standard InChI is InChI=1S/C6H6BrNOS.BrH/c1-4-6(5(9)2-7)10-3-8-4;/h3H,2H2,1H3;1H. The number of thiazole rings is 1. The van der Waals surface area contributed by atoms with Gasteiger partial charge in [0, 0.05) is 0 Å². The number of nitrogens with zero attached hydrogens (tertiary/aromatic N) is 1. The van der Waals surface area contributed by atoms with Crippen LogP contribution >= 0.6 is 44.2 Å². The fourth-order valence-electron chi connectivity index (χ4n) is 0.630. The summed E-state index contributed by atoms with van der Waals surface area (Å²) in [7, 11) is 0. The second-order valence-electron chi connectivity index (χ2n) is 1.82. The first kappa shape index (κ1) is 11.3. The highest BCUT2D eigenvalue weighted by atomic mass is 79.9. The van der Waals surface area contributed by atoms with Gasteiger partial charge in [-0.15, -0.1) is 28.3 Å². The molecule has 0 amide bonds. The van der Waals surface area contributed by atoms with Crippen LogP contribution in [0.3, 0.4) is 0 Å². The molecule has 0 aliphatic carbocycles. The highest BCUT2D eigenvalue weighted by molar-refractivity contribution is 9.09. The zero-order chi connectivity index (χ0) is 7.56. The molecule has 0 N–H and O–H groups in total. The van der Waals surface area contributed by atoms with E-state index in [1.807, 2.05) is 6.92 Å². The maximum atomic E-state index is 11.0. The van der Waals surface area contributed by atoms with Gasteiger partial charge in [-0.3, -0.25) is 4.79 Å². The molecule has 0 saturated heterocycles. The second-order valence-corrected chi connectivity index (χ2v) is 3.24. The lowest BCUT2D eigenvalue weighted by atomic mass is 10.3. The van der Waals surface area contributed by atoms with Gasteiger partial charge in [-0.05, 0) is 6.92 Å². The third-order valence-corrected chi connectivity index (χ3v) is 2.60. The van der Waals surface area contributed by atoms with E-state index < -0.39 is 0 Å². The van der Waals surface area contributed by atoms with Crippen molar-refractivity contribution in [1.29, 1.82) is 0 Å². The van der Waals surface area contributed by atoms with Gasteiger partial charge in [-0.1, -0.05) is 15.9 Å². The van der Waals surface area contributed by atoms with Crippen LogP contribution in [0.25, 0.3) is 0 Å². The summed E-state index contributed by atoms with van der Waals surface area (Å²) in [6.07, 6.45) is 0. The van der Waals surface area contributed by atoms with Crippen molar-refractivity contribution in [3.05, 3.63) is 16.1 Å². The molecular weight excluding hydrogens is 294 g/mol. The van der Waals surface area contributed by atoms with E-state index in [0.717, 1.165) is 10.6 Å². The summed E-state index contributed by atoms with van der Waals surface area (Å²) >= 11 is 4.49. The van der Waals surface area contributed by atoms with E-state index >= 15 is 0 Å². The molecule has 1 aromatic heterocycles. The van der Waals surface area contributed by atoms with Crippen molar-refractivity contribution < 1.29 is 4.79 Å². The molecule has 0 fully saturated rings. The van der Waals surface area contributed by atoms with E-state index in [2.05, 4.69) is 20.9 Å². The summed E-state index contributed by atoms with van der Waals surface area (Å²) < 4.78 is 0. The molecule has 2 nitrogen and oxygen atoms in total. The first-order chi connectivity index (χ1) is 4.75. The van der Waals surface area contributed by atoms with E-state index in [1.165, 1.54) is 11.3 Å². The Labute approximate surface area is 87.9 Å². The second kappa shape index (κ2) is 5.00. The zero-order valence-corrected chi connectivity index (χ0v) is 9.95. The van der Waals surface area contributed by atoms with Crippen molar-refractivity contribution in [2.24, 2.45) is 0 Å². The minimum absolute atomic E-state index is 0. The number of aromatic nitrogens is 1. The maximum absolute atomic E-state index is 11.0. The van der Waals surface area contributed by atoms with Gasteiger partial charge in [0.15, 0.2) is 5.78 Å². The predicted octanol–water partition coefficient (Wildman–Crippen LogP) is 2.61. The van der Waals surface area contributed by atoms with Gasteiger partial charge in [-0.2, -0.15) is 0 Å². The SMILES string of the molecule is Br.Cc1ncsc1C(=O)CBr. The first-order valence-corrected chi connectivity index (χ1v) is 4.75. The molecule has 11 heavy (non-hydrogen) atoms. The Morgan fingerprint density at radius 1 is 1.82 bits per heavy atom. The summed E-state index contributed by atoms with van der Waals surface area (Å²) in [6, 6.07) is 0. The Balaban J connectivity index is 0.000001000. The average Bonchev–Trinajstić information content (AvgIpc) is 2.34.